The van der Waals surface area contributed by atoms with Gasteiger partial charge in [0.25, 0.3) is 17.5 Å². The third-order valence-corrected chi connectivity index (χ3v) is 4.49. The zero-order chi connectivity index (χ0) is 18.6. The van der Waals surface area contributed by atoms with Crippen molar-refractivity contribution in [1.29, 1.82) is 0 Å². The molecule has 0 spiro atoms. The summed E-state index contributed by atoms with van der Waals surface area (Å²) in [6.07, 6.45) is 0. The van der Waals surface area contributed by atoms with Crippen molar-refractivity contribution in [3.8, 4) is 0 Å². The molecule has 9 heteroatoms. The Morgan fingerprint density at radius 1 is 1.16 bits per heavy atom. The summed E-state index contributed by atoms with van der Waals surface area (Å²) in [5.74, 6) is -1.03. The van der Waals surface area contributed by atoms with E-state index in [4.69, 9.17) is 0 Å². The quantitative estimate of drug-likeness (QED) is 0.558. The molecule has 1 aromatic heterocycles. The Labute approximate surface area is 148 Å². The standard InChI is InChI=1S/C16H18N4O4S/c1-9-4-5-12(10(2)6-9)17-8-15(21)18-19-16(22)14-7-13(20(23)24)11(3)25-14/h4-7,17H,8H2,1-3H3,(H,18,21)(H,19,22). The van der Waals surface area contributed by atoms with Crippen LogP contribution in [0, 0.1) is 30.9 Å². The van der Waals surface area contributed by atoms with Gasteiger partial charge in [-0.05, 0) is 32.4 Å². The number of rotatable bonds is 5. The van der Waals surface area contributed by atoms with E-state index in [-0.39, 0.29) is 17.1 Å². The molecule has 8 nitrogen and oxygen atoms in total. The number of hydrogen-bond donors (Lipinski definition) is 3. The first-order valence-electron chi connectivity index (χ1n) is 7.43. The monoisotopic (exact) mass is 362 g/mol. The third-order valence-electron chi connectivity index (χ3n) is 3.45. The van der Waals surface area contributed by atoms with Gasteiger partial charge in [0.2, 0.25) is 0 Å². The number of hydrogen-bond acceptors (Lipinski definition) is 6. The van der Waals surface area contributed by atoms with E-state index in [1.165, 1.54) is 6.07 Å². The lowest BCUT2D eigenvalue weighted by Crippen LogP contribution is -2.43. The molecule has 1 heterocycles. The highest BCUT2D eigenvalue weighted by Gasteiger charge is 2.19. The molecule has 0 radical (unpaired) electrons. The van der Waals surface area contributed by atoms with Crippen LogP contribution in [0.3, 0.4) is 0 Å². The predicted octanol–water partition coefficient (Wildman–Crippen LogP) is 2.45. The number of thiophene rings is 1. The molecule has 2 amide bonds. The van der Waals surface area contributed by atoms with Crippen LogP contribution >= 0.6 is 11.3 Å². The van der Waals surface area contributed by atoms with E-state index in [9.17, 15) is 19.7 Å². The van der Waals surface area contributed by atoms with Crippen LogP contribution in [-0.4, -0.2) is 23.3 Å². The van der Waals surface area contributed by atoms with Crippen molar-refractivity contribution in [3.05, 3.63) is 55.3 Å². The number of aryl methyl sites for hydroxylation is 3. The molecule has 0 atom stereocenters. The number of benzene rings is 1. The summed E-state index contributed by atoms with van der Waals surface area (Å²) < 4.78 is 0. The molecule has 0 aliphatic carbocycles. The zero-order valence-corrected chi connectivity index (χ0v) is 14.8. The topological polar surface area (TPSA) is 113 Å². The highest BCUT2D eigenvalue weighted by Crippen LogP contribution is 2.27. The molecule has 0 bridgehead atoms. The minimum Gasteiger partial charge on any atom is -0.376 e. The first-order valence-corrected chi connectivity index (χ1v) is 8.24. The van der Waals surface area contributed by atoms with E-state index in [1.54, 1.807) is 6.92 Å². The molecule has 1 aromatic carbocycles. The van der Waals surface area contributed by atoms with Crippen molar-refractivity contribution < 1.29 is 14.5 Å². The van der Waals surface area contributed by atoms with Crippen molar-refractivity contribution in [1.82, 2.24) is 10.9 Å². The molecule has 132 valence electrons. The summed E-state index contributed by atoms with van der Waals surface area (Å²) in [5, 5.41) is 13.8. The molecule has 2 rings (SSSR count). The Kier molecular flexibility index (Phi) is 5.71. The van der Waals surface area contributed by atoms with E-state index in [1.807, 2.05) is 32.0 Å². The second-order valence-electron chi connectivity index (χ2n) is 5.48. The smallest absolute Gasteiger partial charge is 0.283 e. The fraction of sp³-hybridized carbons (Fsp3) is 0.250. The van der Waals surface area contributed by atoms with Gasteiger partial charge in [-0.3, -0.25) is 30.6 Å². The molecule has 0 saturated heterocycles. The molecule has 0 aliphatic rings. The number of hydrazine groups is 1. The van der Waals surface area contributed by atoms with Gasteiger partial charge < -0.3 is 5.32 Å². The number of carbonyl (C=O) groups excluding carboxylic acids is 2. The molecular formula is C16H18N4O4S. The Morgan fingerprint density at radius 3 is 2.48 bits per heavy atom. The molecule has 2 aromatic rings. The maximum Gasteiger partial charge on any atom is 0.283 e. The zero-order valence-electron chi connectivity index (χ0n) is 14.0. The highest BCUT2D eigenvalue weighted by molar-refractivity contribution is 7.14. The number of nitro groups is 1. The van der Waals surface area contributed by atoms with Crippen LogP contribution in [0.25, 0.3) is 0 Å². The van der Waals surface area contributed by atoms with E-state index in [0.717, 1.165) is 28.2 Å². The van der Waals surface area contributed by atoms with Gasteiger partial charge in [-0.2, -0.15) is 0 Å². The van der Waals surface area contributed by atoms with E-state index in [0.29, 0.717) is 4.88 Å². The lowest BCUT2D eigenvalue weighted by atomic mass is 10.1. The Balaban J connectivity index is 1.86. The van der Waals surface area contributed by atoms with Crippen molar-refractivity contribution in [3.63, 3.8) is 0 Å². The largest absolute Gasteiger partial charge is 0.376 e. The van der Waals surface area contributed by atoms with E-state index in [2.05, 4.69) is 16.2 Å². The van der Waals surface area contributed by atoms with Crippen LogP contribution in [0.5, 0.6) is 0 Å². The summed E-state index contributed by atoms with van der Waals surface area (Å²) in [6, 6.07) is 6.99. The van der Waals surface area contributed by atoms with Crippen molar-refractivity contribution in [2.45, 2.75) is 20.8 Å². The van der Waals surface area contributed by atoms with Crippen molar-refractivity contribution >= 4 is 34.5 Å². The first-order chi connectivity index (χ1) is 11.8. The highest BCUT2D eigenvalue weighted by atomic mass is 32.1. The van der Waals surface area contributed by atoms with Crippen LogP contribution in [0.1, 0.15) is 25.7 Å². The first kappa shape index (κ1) is 18.4. The number of nitrogens with zero attached hydrogens (tertiary/aromatic N) is 1. The molecule has 0 aliphatic heterocycles. The second-order valence-corrected chi connectivity index (χ2v) is 6.74. The fourth-order valence-corrected chi connectivity index (χ4v) is 3.07. The summed E-state index contributed by atoms with van der Waals surface area (Å²) in [5.41, 5.74) is 7.38. The minimum atomic E-state index is -0.596. The predicted molar refractivity (Wildman–Crippen MR) is 95.7 cm³/mol. The van der Waals surface area contributed by atoms with Crippen LogP contribution in [-0.2, 0) is 4.79 Å². The molecule has 25 heavy (non-hydrogen) atoms. The van der Waals surface area contributed by atoms with Gasteiger partial charge in [0, 0.05) is 11.8 Å². The third kappa shape index (κ3) is 4.77. The average molecular weight is 362 g/mol. The normalized spacial score (nSPS) is 10.2. The molecule has 0 unspecified atom stereocenters. The lowest BCUT2D eigenvalue weighted by Gasteiger charge is -2.11. The Morgan fingerprint density at radius 2 is 1.88 bits per heavy atom. The van der Waals surface area contributed by atoms with Crippen LogP contribution in [0.2, 0.25) is 0 Å². The number of anilines is 1. The van der Waals surface area contributed by atoms with Crippen molar-refractivity contribution in [2.24, 2.45) is 0 Å². The van der Waals surface area contributed by atoms with Crippen LogP contribution < -0.4 is 16.2 Å². The Hall–Kier alpha value is -2.94. The average Bonchev–Trinajstić information content (AvgIpc) is 2.94. The number of carbonyl (C=O) groups is 2. The molecule has 0 fully saturated rings. The van der Waals surface area contributed by atoms with Gasteiger partial charge in [0.15, 0.2) is 0 Å². The number of amides is 2. The van der Waals surface area contributed by atoms with Gasteiger partial charge in [-0.15, -0.1) is 11.3 Å². The van der Waals surface area contributed by atoms with Gasteiger partial charge in [-0.1, -0.05) is 17.7 Å². The van der Waals surface area contributed by atoms with Crippen molar-refractivity contribution in [2.75, 3.05) is 11.9 Å². The Bertz CT molecular complexity index is 832. The molecular weight excluding hydrogens is 344 g/mol. The summed E-state index contributed by atoms with van der Waals surface area (Å²) >= 11 is 0.995. The lowest BCUT2D eigenvalue weighted by molar-refractivity contribution is -0.385. The maximum absolute atomic E-state index is 11.9. The summed E-state index contributed by atoms with van der Waals surface area (Å²) in [7, 11) is 0. The van der Waals surface area contributed by atoms with Gasteiger partial charge >= 0.3 is 0 Å². The molecule has 3 N–H and O–H groups in total. The van der Waals surface area contributed by atoms with Gasteiger partial charge in [0.05, 0.1) is 16.3 Å². The SMILES string of the molecule is Cc1ccc(NCC(=O)NNC(=O)c2cc([N+](=O)[O-])c(C)s2)c(C)c1. The van der Waals surface area contributed by atoms with E-state index >= 15 is 0 Å². The van der Waals surface area contributed by atoms with E-state index < -0.39 is 16.7 Å². The molecule has 0 saturated carbocycles. The van der Waals surface area contributed by atoms with Crippen LogP contribution in [0.4, 0.5) is 11.4 Å². The number of nitrogens with one attached hydrogen (secondary N) is 3. The summed E-state index contributed by atoms with van der Waals surface area (Å²) in [6.45, 7) is 5.45. The minimum absolute atomic E-state index is 0.0200. The van der Waals surface area contributed by atoms with Gasteiger partial charge in [-0.25, -0.2) is 0 Å². The van der Waals surface area contributed by atoms with Gasteiger partial charge in [0.1, 0.15) is 4.88 Å². The summed E-state index contributed by atoms with van der Waals surface area (Å²) in [4.78, 5) is 34.6. The fourth-order valence-electron chi connectivity index (χ4n) is 2.19. The van der Waals surface area contributed by atoms with Crippen LogP contribution in [0.15, 0.2) is 24.3 Å². The maximum atomic E-state index is 11.9. The second kappa shape index (κ2) is 7.75.